The highest BCUT2D eigenvalue weighted by Crippen LogP contribution is 2.34. The minimum absolute atomic E-state index is 0.100. The van der Waals surface area contributed by atoms with Crippen LogP contribution in [0.15, 0.2) is 66.7 Å². The first kappa shape index (κ1) is 21.4. The van der Waals surface area contributed by atoms with Crippen molar-refractivity contribution in [1.82, 2.24) is 0 Å². The van der Waals surface area contributed by atoms with E-state index in [-0.39, 0.29) is 17.4 Å². The van der Waals surface area contributed by atoms with Crippen molar-refractivity contribution >= 4 is 5.78 Å². The number of rotatable bonds is 7. The highest BCUT2D eigenvalue weighted by atomic mass is 19.1. The lowest BCUT2D eigenvalue weighted by Gasteiger charge is -2.12. The summed E-state index contributed by atoms with van der Waals surface area (Å²) in [4.78, 5) is 13.1. The quantitative estimate of drug-likeness (QED) is 0.436. The zero-order valence-corrected chi connectivity index (χ0v) is 17.5. The molecule has 0 unspecified atom stereocenters. The van der Waals surface area contributed by atoms with E-state index in [4.69, 9.17) is 5.73 Å². The molecule has 1 aliphatic rings. The van der Waals surface area contributed by atoms with Crippen LogP contribution >= 0.6 is 0 Å². The predicted molar refractivity (Wildman–Crippen MR) is 121 cm³/mol. The maximum atomic E-state index is 13.4. The second-order valence-corrected chi connectivity index (χ2v) is 8.56. The predicted octanol–water partition coefficient (Wildman–Crippen LogP) is 6.64. The Morgan fingerprint density at radius 2 is 1.29 bits per heavy atom. The third-order valence-corrected chi connectivity index (χ3v) is 6.37. The Hall–Kier alpha value is -2.85. The molecule has 31 heavy (non-hydrogen) atoms. The minimum atomic E-state index is -0.304. The Balaban J connectivity index is 1.61. The molecule has 1 fully saturated rings. The second kappa shape index (κ2) is 9.52. The van der Waals surface area contributed by atoms with Gasteiger partial charge in [-0.05, 0) is 102 Å². The molecule has 2 atom stereocenters. The van der Waals surface area contributed by atoms with Crippen molar-refractivity contribution in [2.45, 2.75) is 32.1 Å². The second-order valence-electron chi connectivity index (χ2n) is 8.56. The number of hydrogen-bond acceptors (Lipinski definition) is 2. The van der Waals surface area contributed by atoms with Crippen LogP contribution in [0.4, 0.5) is 8.78 Å². The summed E-state index contributed by atoms with van der Waals surface area (Å²) in [6.45, 7) is 0.727. The van der Waals surface area contributed by atoms with Gasteiger partial charge in [0, 0.05) is 12.0 Å². The molecule has 0 amide bonds. The molecule has 1 aliphatic carbocycles. The molecule has 160 valence electrons. The van der Waals surface area contributed by atoms with Crippen LogP contribution in [-0.4, -0.2) is 12.3 Å². The van der Waals surface area contributed by atoms with Crippen molar-refractivity contribution in [2.75, 3.05) is 6.54 Å². The zero-order chi connectivity index (χ0) is 21.8. The molecule has 4 heteroatoms. The average molecular weight is 420 g/mol. The van der Waals surface area contributed by atoms with E-state index in [0.29, 0.717) is 23.8 Å². The van der Waals surface area contributed by atoms with Gasteiger partial charge < -0.3 is 5.73 Å². The van der Waals surface area contributed by atoms with E-state index in [9.17, 15) is 13.6 Å². The van der Waals surface area contributed by atoms with Gasteiger partial charge in [-0.2, -0.15) is 0 Å². The van der Waals surface area contributed by atoms with E-state index in [1.807, 2.05) is 18.2 Å². The molecule has 3 aromatic carbocycles. The van der Waals surface area contributed by atoms with Crippen LogP contribution in [0.25, 0.3) is 22.3 Å². The van der Waals surface area contributed by atoms with Crippen LogP contribution < -0.4 is 5.73 Å². The summed E-state index contributed by atoms with van der Waals surface area (Å²) in [5, 5.41) is 0. The van der Waals surface area contributed by atoms with Gasteiger partial charge in [-0.1, -0.05) is 30.7 Å². The summed E-state index contributed by atoms with van der Waals surface area (Å²) in [5.41, 5.74) is 9.78. The number of halogens is 2. The van der Waals surface area contributed by atoms with Crippen molar-refractivity contribution < 1.29 is 13.6 Å². The Morgan fingerprint density at radius 1 is 0.774 bits per heavy atom. The average Bonchev–Trinajstić information content (AvgIpc) is 3.26. The molecule has 4 rings (SSSR count). The fraction of sp³-hybridized carbons (Fsp3) is 0.296. The molecule has 0 bridgehead atoms. The third-order valence-electron chi connectivity index (χ3n) is 6.37. The smallest absolute Gasteiger partial charge is 0.162 e. The van der Waals surface area contributed by atoms with Gasteiger partial charge in [-0.25, -0.2) is 8.78 Å². The summed E-state index contributed by atoms with van der Waals surface area (Å²) in [5.74, 6) is 0.647. The molecule has 0 spiro atoms. The number of Topliss-reactive ketones (excluding diaryl/α,β-unsaturated/α-hetero) is 1. The first-order valence-corrected chi connectivity index (χ1v) is 10.9. The van der Waals surface area contributed by atoms with Crippen molar-refractivity contribution in [3.8, 4) is 22.3 Å². The largest absolute Gasteiger partial charge is 0.330 e. The molecule has 3 aromatic rings. The molecular weight excluding hydrogens is 392 g/mol. The van der Waals surface area contributed by atoms with E-state index in [0.717, 1.165) is 54.5 Å². The maximum absolute atomic E-state index is 13.4. The van der Waals surface area contributed by atoms with Gasteiger partial charge >= 0.3 is 0 Å². The van der Waals surface area contributed by atoms with Crippen molar-refractivity contribution in [3.05, 3.63) is 83.9 Å². The van der Waals surface area contributed by atoms with Crippen LogP contribution in [0.2, 0.25) is 0 Å². The number of carbonyl (C=O) groups is 1. The summed E-state index contributed by atoms with van der Waals surface area (Å²) >= 11 is 0. The third kappa shape index (κ3) is 5.26. The van der Waals surface area contributed by atoms with Crippen molar-refractivity contribution in [2.24, 2.45) is 17.6 Å². The fourth-order valence-electron chi connectivity index (χ4n) is 4.54. The molecule has 0 saturated heterocycles. The number of carbonyl (C=O) groups excluding carboxylic acids is 1. The van der Waals surface area contributed by atoms with Crippen LogP contribution in [-0.2, 0) is 0 Å². The lowest BCUT2D eigenvalue weighted by Crippen LogP contribution is -2.11. The molecule has 0 aliphatic heterocycles. The van der Waals surface area contributed by atoms with Gasteiger partial charge in [-0.15, -0.1) is 0 Å². The SMILES string of the molecule is NC[C@H]1CC[C@H](CCC(=O)c2cc(-c3ccc(F)cc3)cc(-c3ccc(F)cc3)c2)C1. The van der Waals surface area contributed by atoms with Gasteiger partial charge in [0.2, 0.25) is 0 Å². The molecule has 2 N–H and O–H groups in total. The Bertz CT molecular complexity index is 980. The van der Waals surface area contributed by atoms with Gasteiger partial charge in [0.15, 0.2) is 5.78 Å². The minimum Gasteiger partial charge on any atom is -0.330 e. The summed E-state index contributed by atoms with van der Waals surface area (Å²) in [7, 11) is 0. The topological polar surface area (TPSA) is 43.1 Å². The van der Waals surface area contributed by atoms with Gasteiger partial charge in [0.1, 0.15) is 11.6 Å². The maximum Gasteiger partial charge on any atom is 0.162 e. The van der Waals surface area contributed by atoms with E-state index in [2.05, 4.69) is 0 Å². The number of benzene rings is 3. The standard InChI is InChI=1S/C27H27F2NO/c28-25-8-4-20(5-9-25)22-14-23(21-6-10-26(29)11-7-21)16-24(15-22)27(31)12-3-18-1-2-19(13-18)17-30/h4-11,14-16,18-19H,1-3,12-13,17,30H2/t18-,19+/m1/s1. The summed E-state index contributed by atoms with van der Waals surface area (Å²) < 4.78 is 26.8. The fourth-order valence-corrected chi connectivity index (χ4v) is 4.54. The highest BCUT2D eigenvalue weighted by Gasteiger charge is 2.24. The van der Waals surface area contributed by atoms with Crippen LogP contribution in [0, 0.1) is 23.5 Å². The Labute approximate surface area is 182 Å². The van der Waals surface area contributed by atoms with E-state index in [1.165, 1.54) is 24.3 Å². The van der Waals surface area contributed by atoms with E-state index >= 15 is 0 Å². The molecule has 0 aromatic heterocycles. The monoisotopic (exact) mass is 419 g/mol. The molecule has 0 heterocycles. The van der Waals surface area contributed by atoms with Crippen LogP contribution in [0.5, 0.6) is 0 Å². The highest BCUT2D eigenvalue weighted by molar-refractivity contribution is 5.98. The number of hydrogen-bond donors (Lipinski definition) is 1. The lowest BCUT2D eigenvalue weighted by atomic mass is 9.92. The van der Waals surface area contributed by atoms with E-state index < -0.39 is 0 Å². The zero-order valence-electron chi connectivity index (χ0n) is 17.5. The Kier molecular flexibility index (Phi) is 6.57. The summed E-state index contributed by atoms with van der Waals surface area (Å²) in [6, 6.07) is 18.2. The van der Waals surface area contributed by atoms with Gasteiger partial charge in [0.25, 0.3) is 0 Å². The van der Waals surface area contributed by atoms with Crippen LogP contribution in [0.3, 0.4) is 0 Å². The van der Waals surface area contributed by atoms with E-state index in [1.54, 1.807) is 24.3 Å². The molecule has 2 nitrogen and oxygen atoms in total. The van der Waals surface area contributed by atoms with Crippen molar-refractivity contribution in [1.29, 1.82) is 0 Å². The number of ketones is 1. The van der Waals surface area contributed by atoms with Crippen LogP contribution in [0.1, 0.15) is 42.5 Å². The Morgan fingerprint density at radius 3 is 1.77 bits per heavy atom. The summed E-state index contributed by atoms with van der Waals surface area (Å²) in [6.07, 6.45) is 4.79. The van der Waals surface area contributed by atoms with Crippen molar-refractivity contribution in [3.63, 3.8) is 0 Å². The molecular formula is C27H27F2NO. The molecule has 1 saturated carbocycles. The van der Waals surface area contributed by atoms with Gasteiger partial charge in [-0.3, -0.25) is 4.79 Å². The lowest BCUT2D eigenvalue weighted by molar-refractivity contribution is 0.0973. The first-order valence-electron chi connectivity index (χ1n) is 10.9. The normalized spacial score (nSPS) is 18.3. The number of nitrogens with two attached hydrogens (primary N) is 1. The van der Waals surface area contributed by atoms with Gasteiger partial charge in [0.05, 0.1) is 0 Å². The first-order chi connectivity index (χ1) is 15.0. The molecule has 0 radical (unpaired) electrons.